The number of nitrogens with zero attached hydrogens (tertiary/aromatic N) is 2. The lowest BCUT2D eigenvalue weighted by Gasteiger charge is -2.15. The molecule has 1 heterocycles. The monoisotopic (exact) mass is 242 g/mol. The van der Waals surface area contributed by atoms with Gasteiger partial charge in [0.25, 0.3) is 0 Å². The van der Waals surface area contributed by atoms with E-state index in [9.17, 15) is 0 Å². The minimum absolute atomic E-state index is 0.184. The van der Waals surface area contributed by atoms with Gasteiger partial charge in [0.05, 0.1) is 11.9 Å². The van der Waals surface area contributed by atoms with Crippen molar-refractivity contribution in [3.8, 4) is 0 Å². The lowest BCUT2D eigenvalue weighted by atomic mass is 10.0. The van der Waals surface area contributed by atoms with Crippen molar-refractivity contribution in [3.05, 3.63) is 11.5 Å². The van der Waals surface area contributed by atoms with Crippen LogP contribution in [0.3, 0.4) is 0 Å². The molecule has 0 bridgehead atoms. The van der Waals surface area contributed by atoms with Crippen LogP contribution in [-0.2, 0) is 0 Å². The lowest BCUT2D eigenvalue weighted by molar-refractivity contribution is 0.253. The highest BCUT2D eigenvalue weighted by molar-refractivity contribution is 6.28. The zero-order valence-corrected chi connectivity index (χ0v) is 9.67. The molecule has 1 aliphatic carbocycles. The first-order valence-corrected chi connectivity index (χ1v) is 5.66. The van der Waals surface area contributed by atoms with E-state index in [1.165, 1.54) is 6.20 Å². The van der Waals surface area contributed by atoms with Crippen molar-refractivity contribution >= 4 is 23.1 Å². The summed E-state index contributed by atoms with van der Waals surface area (Å²) in [5.74, 6) is 0.573. The van der Waals surface area contributed by atoms with Crippen LogP contribution in [0.5, 0.6) is 0 Å². The molecule has 1 fully saturated rings. The number of hydrogen-bond donors (Lipinski definition) is 3. The Labute approximate surface area is 99.0 Å². The third-order valence-corrected chi connectivity index (χ3v) is 3.20. The summed E-state index contributed by atoms with van der Waals surface area (Å²) in [7, 11) is 0. The average Bonchev–Trinajstić information content (AvgIpc) is 3.01. The number of nitrogen functional groups attached to an aromatic ring is 1. The molecule has 0 amide bonds. The Morgan fingerprint density at radius 3 is 2.94 bits per heavy atom. The van der Waals surface area contributed by atoms with E-state index >= 15 is 0 Å². The summed E-state index contributed by atoms with van der Waals surface area (Å²) in [6.07, 6.45) is 4.58. The molecule has 1 aromatic heterocycles. The van der Waals surface area contributed by atoms with Crippen LogP contribution in [0, 0.1) is 5.41 Å². The molecule has 2 rings (SSSR count). The zero-order chi connectivity index (χ0) is 11.6. The maximum atomic E-state index is 8.94. The number of hydrogen-bond acceptors (Lipinski definition) is 5. The largest absolute Gasteiger partial charge is 0.396 e. The van der Waals surface area contributed by atoms with Gasteiger partial charge in [-0.1, -0.05) is 0 Å². The van der Waals surface area contributed by atoms with E-state index in [1.54, 1.807) is 0 Å². The first-order valence-electron chi connectivity index (χ1n) is 5.28. The fourth-order valence-corrected chi connectivity index (χ4v) is 1.84. The Morgan fingerprint density at radius 1 is 1.56 bits per heavy atom. The van der Waals surface area contributed by atoms with Gasteiger partial charge >= 0.3 is 0 Å². The molecule has 88 valence electrons. The van der Waals surface area contributed by atoms with Crippen LogP contribution in [0.25, 0.3) is 0 Å². The number of nitrogens with one attached hydrogen (secondary N) is 1. The van der Waals surface area contributed by atoms with Crippen LogP contribution in [0.2, 0.25) is 5.28 Å². The second kappa shape index (κ2) is 4.43. The van der Waals surface area contributed by atoms with Crippen molar-refractivity contribution in [3.63, 3.8) is 0 Å². The van der Waals surface area contributed by atoms with E-state index < -0.39 is 0 Å². The molecule has 1 saturated carbocycles. The molecule has 0 saturated heterocycles. The van der Waals surface area contributed by atoms with Crippen molar-refractivity contribution in [1.29, 1.82) is 0 Å². The minimum Gasteiger partial charge on any atom is -0.396 e. The average molecular weight is 243 g/mol. The first kappa shape index (κ1) is 11.4. The van der Waals surface area contributed by atoms with Gasteiger partial charge in [0.1, 0.15) is 0 Å². The molecule has 5 nitrogen and oxygen atoms in total. The summed E-state index contributed by atoms with van der Waals surface area (Å²) in [6, 6.07) is 0. The molecule has 6 heteroatoms. The topological polar surface area (TPSA) is 84.1 Å². The Morgan fingerprint density at radius 2 is 2.31 bits per heavy atom. The fraction of sp³-hybridized carbons (Fsp3) is 0.600. The maximum absolute atomic E-state index is 8.94. The Bertz CT molecular complexity index is 381. The van der Waals surface area contributed by atoms with E-state index in [2.05, 4.69) is 15.3 Å². The number of rotatable bonds is 5. The molecule has 0 aromatic carbocycles. The van der Waals surface area contributed by atoms with E-state index in [0.717, 1.165) is 25.8 Å². The number of anilines is 2. The van der Waals surface area contributed by atoms with Crippen LogP contribution in [-0.4, -0.2) is 28.2 Å². The molecule has 1 aliphatic rings. The van der Waals surface area contributed by atoms with Gasteiger partial charge in [-0.2, -0.15) is 4.98 Å². The van der Waals surface area contributed by atoms with Crippen molar-refractivity contribution in [1.82, 2.24) is 9.97 Å². The molecule has 0 spiro atoms. The lowest BCUT2D eigenvalue weighted by Crippen LogP contribution is -2.18. The van der Waals surface area contributed by atoms with Gasteiger partial charge in [-0.3, -0.25) is 0 Å². The molecular weight excluding hydrogens is 228 g/mol. The second-order valence-electron chi connectivity index (χ2n) is 4.27. The van der Waals surface area contributed by atoms with Gasteiger partial charge in [0.2, 0.25) is 5.28 Å². The Kier molecular flexibility index (Phi) is 3.16. The standard InChI is InChI=1S/C10H15ClN4O/c11-9-13-5-7(12)8(15-9)14-6-10(1-2-10)3-4-16/h5,16H,1-4,6,12H2,(H,13,14,15). The van der Waals surface area contributed by atoms with Crippen molar-refractivity contribution in [2.45, 2.75) is 19.3 Å². The minimum atomic E-state index is 0.184. The predicted octanol–water partition coefficient (Wildman–Crippen LogP) is 1.29. The Balaban J connectivity index is 1.97. The molecule has 1 aromatic rings. The van der Waals surface area contributed by atoms with Crippen LogP contribution in [0.1, 0.15) is 19.3 Å². The van der Waals surface area contributed by atoms with Crippen LogP contribution in [0.4, 0.5) is 11.5 Å². The molecule has 0 radical (unpaired) electrons. The number of aromatic nitrogens is 2. The molecule has 0 atom stereocenters. The van der Waals surface area contributed by atoms with Crippen molar-refractivity contribution in [2.75, 3.05) is 24.2 Å². The summed E-state index contributed by atoms with van der Waals surface area (Å²) in [5, 5.41) is 12.3. The van der Waals surface area contributed by atoms with Crippen molar-refractivity contribution < 1.29 is 5.11 Å². The number of nitrogens with two attached hydrogens (primary N) is 1. The van der Waals surface area contributed by atoms with E-state index in [4.69, 9.17) is 22.4 Å². The smallest absolute Gasteiger partial charge is 0.224 e. The van der Waals surface area contributed by atoms with E-state index in [-0.39, 0.29) is 17.3 Å². The van der Waals surface area contributed by atoms with Crippen LogP contribution >= 0.6 is 11.6 Å². The summed E-state index contributed by atoms with van der Waals surface area (Å²) in [6.45, 7) is 0.993. The number of halogens is 1. The van der Waals surface area contributed by atoms with Gasteiger partial charge < -0.3 is 16.2 Å². The molecule has 0 unspecified atom stereocenters. The normalized spacial score (nSPS) is 17.1. The highest BCUT2D eigenvalue weighted by Gasteiger charge is 2.41. The Hall–Kier alpha value is -1.07. The van der Waals surface area contributed by atoms with Crippen LogP contribution in [0.15, 0.2) is 6.20 Å². The highest BCUT2D eigenvalue weighted by atomic mass is 35.5. The molecule has 0 aliphatic heterocycles. The van der Waals surface area contributed by atoms with Gasteiger partial charge in [-0.15, -0.1) is 0 Å². The highest BCUT2D eigenvalue weighted by Crippen LogP contribution is 2.48. The fourth-order valence-electron chi connectivity index (χ4n) is 1.71. The molecule has 16 heavy (non-hydrogen) atoms. The quantitative estimate of drug-likeness (QED) is 0.678. The maximum Gasteiger partial charge on any atom is 0.224 e. The summed E-state index contributed by atoms with van der Waals surface area (Å²) in [4.78, 5) is 7.80. The van der Waals surface area contributed by atoms with Gasteiger partial charge in [-0.25, -0.2) is 4.98 Å². The summed E-state index contributed by atoms with van der Waals surface area (Å²) >= 11 is 5.69. The summed E-state index contributed by atoms with van der Waals surface area (Å²) in [5.41, 5.74) is 6.43. The second-order valence-corrected chi connectivity index (χ2v) is 4.61. The van der Waals surface area contributed by atoms with E-state index in [0.29, 0.717) is 11.5 Å². The van der Waals surface area contributed by atoms with Gasteiger partial charge in [-0.05, 0) is 36.3 Å². The van der Waals surface area contributed by atoms with Gasteiger partial charge in [0.15, 0.2) is 5.82 Å². The predicted molar refractivity (Wildman–Crippen MR) is 63.3 cm³/mol. The third kappa shape index (κ3) is 2.54. The molecular formula is C10H15ClN4O. The zero-order valence-electron chi connectivity index (χ0n) is 8.91. The number of aliphatic hydroxyl groups excluding tert-OH is 1. The third-order valence-electron chi connectivity index (χ3n) is 3.02. The summed E-state index contributed by atoms with van der Waals surface area (Å²) < 4.78 is 0. The molecule has 4 N–H and O–H groups in total. The first-order chi connectivity index (χ1) is 7.65. The van der Waals surface area contributed by atoms with Crippen molar-refractivity contribution in [2.24, 2.45) is 5.41 Å². The SMILES string of the molecule is Nc1cnc(Cl)nc1NCC1(CCO)CC1. The number of aliphatic hydroxyl groups is 1. The van der Waals surface area contributed by atoms with E-state index in [1.807, 2.05) is 0 Å². The van der Waals surface area contributed by atoms with Gasteiger partial charge in [0, 0.05) is 13.2 Å². The van der Waals surface area contributed by atoms with Crippen LogP contribution < -0.4 is 11.1 Å².